The largest absolute Gasteiger partial charge is 0.462 e. The summed E-state index contributed by atoms with van der Waals surface area (Å²) < 4.78 is 17.0. The summed E-state index contributed by atoms with van der Waals surface area (Å²) in [7, 11) is 0. The molecule has 472 valence electrons. The molecule has 0 amide bonds. The lowest BCUT2D eigenvalue weighted by Crippen LogP contribution is -2.30. The van der Waals surface area contributed by atoms with Gasteiger partial charge in [-0.15, -0.1) is 0 Å². The zero-order valence-corrected chi connectivity index (χ0v) is 54.4. The number of hydrogen-bond acceptors (Lipinski definition) is 6. The van der Waals surface area contributed by atoms with E-state index >= 15 is 0 Å². The van der Waals surface area contributed by atoms with Crippen LogP contribution in [-0.4, -0.2) is 37.2 Å². The van der Waals surface area contributed by atoms with Crippen molar-refractivity contribution < 1.29 is 28.6 Å². The fourth-order valence-corrected chi connectivity index (χ4v) is 11.3. The average Bonchev–Trinajstić information content (AvgIpc) is 3.46. The second-order valence-electron chi connectivity index (χ2n) is 24.9. The highest BCUT2D eigenvalue weighted by Crippen LogP contribution is 2.19. The minimum Gasteiger partial charge on any atom is -0.462 e. The second kappa shape index (κ2) is 69.4. The Bertz CT molecular complexity index is 1290. The van der Waals surface area contributed by atoms with Gasteiger partial charge in [-0.05, 0) is 44.9 Å². The van der Waals surface area contributed by atoms with Crippen LogP contribution in [0.3, 0.4) is 0 Å². The maximum absolute atomic E-state index is 12.9. The smallest absolute Gasteiger partial charge is 0.306 e. The van der Waals surface area contributed by atoms with E-state index in [-0.39, 0.29) is 31.1 Å². The standard InChI is InChI=1S/C74H140O6/c1-4-7-10-13-16-19-22-25-27-29-31-32-33-34-35-36-37-38-39-40-41-42-43-45-46-49-52-55-58-61-64-67-73(76)79-70-71(69-78-72(75)66-63-60-57-54-51-48-24-21-18-15-12-9-6-3)80-74(77)68-65-62-59-56-53-50-47-44-30-28-26-23-20-17-14-11-8-5-2/h12,15,21,24,71H,4-11,13-14,16-20,22-23,25-70H2,1-3H3/b15-12-,24-21-. The van der Waals surface area contributed by atoms with Crippen molar-refractivity contribution in [3.8, 4) is 0 Å². The molecule has 6 nitrogen and oxygen atoms in total. The molecule has 80 heavy (non-hydrogen) atoms. The number of hydrogen-bond donors (Lipinski definition) is 0. The SMILES string of the molecule is CCC/C=C\C/C=C\CCCCCCCC(=O)OCC(COC(=O)CCCCCCCCCCCCCCCCCCCCCCCCCCCCCCCCC)OC(=O)CCCCCCCCCCCCCCCCCCCC. The van der Waals surface area contributed by atoms with Gasteiger partial charge in [-0.25, -0.2) is 0 Å². The summed E-state index contributed by atoms with van der Waals surface area (Å²) in [6, 6.07) is 0. The van der Waals surface area contributed by atoms with E-state index in [1.807, 2.05) is 0 Å². The quantitative estimate of drug-likeness (QED) is 0.0261. The van der Waals surface area contributed by atoms with E-state index in [1.165, 1.54) is 289 Å². The molecule has 0 rings (SSSR count). The van der Waals surface area contributed by atoms with Gasteiger partial charge in [-0.3, -0.25) is 14.4 Å². The van der Waals surface area contributed by atoms with Gasteiger partial charge in [0.2, 0.25) is 0 Å². The van der Waals surface area contributed by atoms with Gasteiger partial charge in [-0.2, -0.15) is 0 Å². The van der Waals surface area contributed by atoms with Crippen molar-refractivity contribution in [2.45, 2.75) is 419 Å². The molecular formula is C74H140O6. The normalized spacial score (nSPS) is 12.1. The van der Waals surface area contributed by atoms with Crippen molar-refractivity contribution in [3.63, 3.8) is 0 Å². The Morgan fingerprint density at radius 2 is 0.475 bits per heavy atom. The Labute approximate surface area is 500 Å². The Morgan fingerprint density at radius 3 is 0.738 bits per heavy atom. The summed E-state index contributed by atoms with van der Waals surface area (Å²) in [5.41, 5.74) is 0. The molecular weight excluding hydrogens is 985 g/mol. The number of esters is 3. The minimum atomic E-state index is -0.774. The third-order valence-electron chi connectivity index (χ3n) is 16.7. The lowest BCUT2D eigenvalue weighted by atomic mass is 10.0. The van der Waals surface area contributed by atoms with Crippen LogP contribution in [0, 0.1) is 0 Å². The highest BCUT2D eigenvalue weighted by Gasteiger charge is 2.19. The molecule has 0 bridgehead atoms. The molecule has 0 aliphatic heterocycles. The maximum Gasteiger partial charge on any atom is 0.306 e. The first kappa shape index (κ1) is 77.9. The summed E-state index contributed by atoms with van der Waals surface area (Å²) in [5.74, 6) is -0.852. The van der Waals surface area contributed by atoms with Crippen LogP contribution in [0.15, 0.2) is 24.3 Å². The van der Waals surface area contributed by atoms with Crippen LogP contribution < -0.4 is 0 Å². The van der Waals surface area contributed by atoms with Gasteiger partial charge in [-0.1, -0.05) is 373 Å². The zero-order valence-electron chi connectivity index (χ0n) is 54.4. The lowest BCUT2D eigenvalue weighted by molar-refractivity contribution is -0.167. The first-order chi connectivity index (χ1) is 39.5. The van der Waals surface area contributed by atoms with Gasteiger partial charge < -0.3 is 14.2 Å². The molecule has 0 aromatic carbocycles. The van der Waals surface area contributed by atoms with Gasteiger partial charge in [0.1, 0.15) is 13.2 Å². The van der Waals surface area contributed by atoms with Gasteiger partial charge in [0.25, 0.3) is 0 Å². The van der Waals surface area contributed by atoms with Crippen molar-refractivity contribution in [1.29, 1.82) is 0 Å². The van der Waals surface area contributed by atoms with Crippen molar-refractivity contribution in [1.82, 2.24) is 0 Å². The van der Waals surface area contributed by atoms with Crippen LogP contribution in [0.4, 0.5) is 0 Å². The van der Waals surface area contributed by atoms with Gasteiger partial charge in [0.15, 0.2) is 6.10 Å². The van der Waals surface area contributed by atoms with Crippen molar-refractivity contribution >= 4 is 17.9 Å². The van der Waals surface area contributed by atoms with E-state index in [4.69, 9.17) is 14.2 Å². The van der Waals surface area contributed by atoms with E-state index in [9.17, 15) is 14.4 Å². The number of rotatable bonds is 68. The highest BCUT2D eigenvalue weighted by molar-refractivity contribution is 5.71. The topological polar surface area (TPSA) is 78.9 Å². The fraction of sp³-hybridized carbons (Fsp3) is 0.905. The summed E-state index contributed by atoms with van der Waals surface area (Å²) in [5, 5.41) is 0. The molecule has 0 aliphatic carbocycles. The van der Waals surface area contributed by atoms with Crippen molar-refractivity contribution in [2.24, 2.45) is 0 Å². The summed E-state index contributed by atoms with van der Waals surface area (Å²) in [4.78, 5) is 38.4. The Kier molecular flexibility index (Phi) is 67.6. The first-order valence-corrected chi connectivity index (χ1v) is 36.3. The van der Waals surface area contributed by atoms with E-state index < -0.39 is 6.10 Å². The van der Waals surface area contributed by atoms with Crippen molar-refractivity contribution in [2.75, 3.05) is 13.2 Å². The lowest BCUT2D eigenvalue weighted by Gasteiger charge is -2.18. The van der Waals surface area contributed by atoms with Crippen LogP contribution in [-0.2, 0) is 28.6 Å². The van der Waals surface area contributed by atoms with E-state index in [2.05, 4.69) is 45.1 Å². The average molecular weight is 1130 g/mol. The molecule has 0 aromatic heterocycles. The third kappa shape index (κ3) is 66.7. The molecule has 0 radical (unpaired) electrons. The Balaban J connectivity index is 4.12. The van der Waals surface area contributed by atoms with E-state index in [1.54, 1.807) is 0 Å². The Hall–Kier alpha value is -2.11. The number of allylic oxidation sites excluding steroid dienone is 4. The van der Waals surface area contributed by atoms with Gasteiger partial charge in [0.05, 0.1) is 0 Å². The minimum absolute atomic E-state index is 0.0694. The molecule has 0 heterocycles. The van der Waals surface area contributed by atoms with Crippen LogP contribution in [0.5, 0.6) is 0 Å². The molecule has 0 N–H and O–H groups in total. The monoisotopic (exact) mass is 1130 g/mol. The van der Waals surface area contributed by atoms with Crippen LogP contribution >= 0.6 is 0 Å². The predicted octanol–water partition coefficient (Wildman–Crippen LogP) is 25.0. The van der Waals surface area contributed by atoms with Crippen LogP contribution in [0.2, 0.25) is 0 Å². The molecule has 0 fully saturated rings. The van der Waals surface area contributed by atoms with E-state index in [0.29, 0.717) is 19.3 Å². The molecule has 0 saturated carbocycles. The maximum atomic E-state index is 12.9. The molecule has 0 aromatic rings. The molecule has 6 heteroatoms. The number of carbonyl (C=O) groups excluding carboxylic acids is 3. The predicted molar refractivity (Wildman–Crippen MR) is 349 cm³/mol. The van der Waals surface area contributed by atoms with Crippen LogP contribution in [0.25, 0.3) is 0 Å². The van der Waals surface area contributed by atoms with Crippen LogP contribution in [0.1, 0.15) is 412 Å². The molecule has 1 unspecified atom stereocenters. The molecule has 0 aliphatic rings. The zero-order chi connectivity index (χ0) is 57.8. The van der Waals surface area contributed by atoms with E-state index in [0.717, 1.165) is 83.5 Å². The van der Waals surface area contributed by atoms with Crippen molar-refractivity contribution in [3.05, 3.63) is 24.3 Å². The van der Waals surface area contributed by atoms with Gasteiger partial charge in [0, 0.05) is 19.3 Å². The third-order valence-corrected chi connectivity index (χ3v) is 16.7. The fourth-order valence-electron chi connectivity index (χ4n) is 11.3. The number of unbranched alkanes of at least 4 members (excludes halogenated alkanes) is 53. The Morgan fingerprint density at radius 1 is 0.250 bits per heavy atom. The second-order valence-corrected chi connectivity index (χ2v) is 24.9. The summed E-state index contributed by atoms with van der Waals surface area (Å²) >= 11 is 0. The first-order valence-electron chi connectivity index (χ1n) is 36.3. The summed E-state index contributed by atoms with van der Waals surface area (Å²) in [6.45, 7) is 6.65. The molecule has 0 spiro atoms. The molecule has 1 atom stereocenters. The van der Waals surface area contributed by atoms with Gasteiger partial charge >= 0.3 is 17.9 Å². The molecule has 0 saturated heterocycles. The number of carbonyl (C=O) groups is 3. The summed E-state index contributed by atoms with van der Waals surface area (Å²) in [6.07, 6.45) is 85.2. The number of ether oxygens (including phenoxy) is 3. The highest BCUT2D eigenvalue weighted by atomic mass is 16.6.